The molecule has 0 spiro atoms. The van der Waals surface area contributed by atoms with E-state index in [-0.39, 0.29) is 16.5 Å². The van der Waals surface area contributed by atoms with E-state index in [1.807, 2.05) is 17.0 Å². The molecule has 0 bridgehead atoms. The number of amides is 1. The molecule has 0 unspecified atom stereocenters. The van der Waals surface area contributed by atoms with Gasteiger partial charge in [0.2, 0.25) is 0 Å². The lowest BCUT2D eigenvalue weighted by molar-refractivity contribution is -0.384. The van der Waals surface area contributed by atoms with Crippen molar-refractivity contribution in [3.05, 3.63) is 75.8 Å². The molecule has 0 aliphatic carbocycles. The van der Waals surface area contributed by atoms with E-state index in [0.717, 1.165) is 25.9 Å². The standard InChI is InChI=1S/C20H21N3O3/c1-14(16-7-3-4-8-17(16)20(24)21-2)15-9-10-18(19(13-15)23(25)26)22-11-5-6-12-22/h3-4,7-10,13H,1,5-6,11-12H2,2H3,(H,21,24). The first-order valence-electron chi connectivity index (χ1n) is 8.57. The van der Waals surface area contributed by atoms with Gasteiger partial charge in [0.15, 0.2) is 0 Å². The van der Waals surface area contributed by atoms with Gasteiger partial charge in [0.05, 0.1) is 4.92 Å². The molecule has 6 heteroatoms. The second-order valence-corrected chi connectivity index (χ2v) is 6.26. The maximum absolute atomic E-state index is 12.1. The Morgan fingerprint density at radius 3 is 2.42 bits per heavy atom. The Labute approximate surface area is 152 Å². The third kappa shape index (κ3) is 3.31. The number of nitro groups is 1. The smallest absolute Gasteiger partial charge is 0.293 e. The van der Waals surface area contributed by atoms with Crippen molar-refractivity contribution < 1.29 is 9.72 Å². The molecular formula is C20H21N3O3. The summed E-state index contributed by atoms with van der Waals surface area (Å²) in [6.45, 7) is 5.75. The lowest BCUT2D eigenvalue weighted by Gasteiger charge is -2.18. The molecule has 134 valence electrons. The van der Waals surface area contributed by atoms with Crippen LogP contribution < -0.4 is 10.2 Å². The largest absolute Gasteiger partial charge is 0.366 e. The van der Waals surface area contributed by atoms with Gasteiger partial charge in [-0.2, -0.15) is 0 Å². The van der Waals surface area contributed by atoms with E-state index < -0.39 is 0 Å². The van der Waals surface area contributed by atoms with Crippen molar-refractivity contribution in [1.29, 1.82) is 0 Å². The predicted molar refractivity (Wildman–Crippen MR) is 103 cm³/mol. The van der Waals surface area contributed by atoms with Crippen molar-refractivity contribution in [3.8, 4) is 0 Å². The average molecular weight is 351 g/mol. The normalized spacial score (nSPS) is 13.5. The van der Waals surface area contributed by atoms with Gasteiger partial charge in [-0.3, -0.25) is 14.9 Å². The molecular weight excluding hydrogens is 330 g/mol. The number of carbonyl (C=O) groups is 1. The molecule has 1 aliphatic rings. The Balaban J connectivity index is 2.02. The van der Waals surface area contributed by atoms with Gasteiger partial charge < -0.3 is 10.2 Å². The number of hydrogen-bond acceptors (Lipinski definition) is 4. The highest BCUT2D eigenvalue weighted by atomic mass is 16.6. The third-order valence-electron chi connectivity index (χ3n) is 4.69. The van der Waals surface area contributed by atoms with Crippen molar-refractivity contribution in [3.63, 3.8) is 0 Å². The minimum atomic E-state index is -0.352. The number of rotatable bonds is 5. The van der Waals surface area contributed by atoms with Gasteiger partial charge in [-0.15, -0.1) is 0 Å². The van der Waals surface area contributed by atoms with Crippen LogP contribution in [-0.2, 0) is 0 Å². The molecule has 1 aliphatic heterocycles. The molecule has 1 heterocycles. The Morgan fingerprint density at radius 2 is 1.81 bits per heavy atom. The van der Waals surface area contributed by atoms with Crippen LogP contribution in [0.2, 0.25) is 0 Å². The van der Waals surface area contributed by atoms with Crippen molar-refractivity contribution in [1.82, 2.24) is 5.32 Å². The Kier molecular flexibility index (Phi) is 5.02. The van der Waals surface area contributed by atoms with Gasteiger partial charge in [-0.1, -0.05) is 30.8 Å². The van der Waals surface area contributed by atoms with E-state index in [0.29, 0.717) is 28.0 Å². The van der Waals surface area contributed by atoms with E-state index in [2.05, 4.69) is 11.9 Å². The van der Waals surface area contributed by atoms with Crippen molar-refractivity contribution in [2.45, 2.75) is 12.8 Å². The fraction of sp³-hybridized carbons (Fsp3) is 0.250. The van der Waals surface area contributed by atoms with E-state index in [1.54, 1.807) is 37.4 Å². The quantitative estimate of drug-likeness (QED) is 0.659. The van der Waals surface area contributed by atoms with Crippen molar-refractivity contribution in [2.24, 2.45) is 0 Å². The van der Waals surface area contributed by atoms with Gasteiger partial charge in [-0.25, -0.2) is 0 Å². The summed E-state index contributed by atoms with van der Waals surface area (Å²) >= 11 is 0. The molecule has 3 rings (SSSR count). The number of carbonyl (C=O) groups excluding carboxylic acids is 1. The number of benzene rings is 2. The summed E-state index contributed by atoms with van der Waals surface area (Å²) < 4.78 is 0. The van der Waals surface area contributed by atoms with Crippen molar-refractivity contribution in [2.75, 3.05) is 25.0 Å². The van der Waals surface area contributed by atoms with Gasteiger partial charge in [0, 0.05) is 31.8 Å². The highest BCUT2D eigenvalue weighted by Gasteiger charge is 2.23. The number of nitro benzene ring substituents is 1. The van der Waals surface area contributed by atoms with Gasteiger partial charge >= 0.3 is 0 Å². The molecule has 6 nitrogen and oxygen atoms in total. The topological polar surface area (TPSA) is 75.5 Å². The molecule has 1 amide bonds. The van der Waals surface area contributed by atoms with E-state index >= 15 is 0 Å². The first kappa shape index (κ1) is 17.7. The van der Waals surface area contributed by atoms with Crippen LogP contribution in [0.1, 0.15) is 34.3 Å². The highest BCUT2D eigenvalue weighted by Crippen LogP contribution is 2.35. The molecule has 2 aromatic rings. The lowest BCUT2D eigenvalue weighted by Crippen LogP contribution is -2.19. The van der Waals surface area contributed by atoms with Crippen LogP contribution in [0.3, 0.4) is 0 Å². The van der Waals surface area contributed by atoms with Crippen LogP contribution in [0.4, 0.5) is 11.4 Å². The molecule has 0 radical (unpaired) electrons. The van der Waals surface area contributed by atoms with E-state index in [1.165, 1.54) is 0 Å². The number of anilines is 1. The molecule has 1 fully saturated rings. The average Bonchev–Trinajstić information content (AvgIpc) is 3.21. The summed E-state index contributed by atoms with van der Waals surface area (Å²) in [5.74, 6) is -0.218. The lowest BCUT2D eigenvalue weighted by atomic mass is 9.94. The number of nitrogens with zero attached hydrogens (tertiary/aromatic N) is 2. The van der Waals surface area contributed by atoms with Gasteiger partial charge in [0.1, 0.15) is 5.69 Å². The molecule has 0 atom stereocenters. The van der Waals surface area contributed by atoms with Crippen LogP contribution in [-0.4, -0.2) is 31.0 Å². The van der Waals surface area contributed by atoms with Crippen LogP contribution in [0, 0.1) is 10.1 Å². The summed E-state index contributed by atoms with van der Waals surface area (Å²) in [5.41, 5.74) is 3.09. The van der Waals surface area contributed by atoms with E-state index in [4.69, 9.17) is 0 Å². The monoisotopic (exact) mass is 351 g/mol. The number of nitrogens with one attached hydrogen (secondary N) is 1. The third-order valence-corrected chi connectivity index (χ3v) is 4.69. The van der Waals surface area contributed by atoms with Crippen LogP contribution >= 0.6 is 0 Å². The SMILES string of the molecule is C=C(c1ccc(N2CCCC2)c([N+](=O)[O-])c1)c1ccccc1C(=O)NC. The second kappa shape index (κ2) is 7.39. The first-order valence-corrected chi connectivity index (χ1v) is 8.57. The maximum Gasteiger partial charge on any atom is 0.293 e. The highest BCUT2D eigenvalue weighted by molar-refractivity contribution is 6.00. The first-order chi connectivity index (χ1) is 12.5. The molecule has 1 N–H and O–H groups in total. The zero-order valence-corrected chi connectivity index (χ0v) is 14.7. The summed E-state index contributed by atoms with van der Waals surface area (Å²) in [7, 11) is 1.57. The Morgan fingerprint density at radius 1 is 1.15 bits per heavy atom. The maximum atomic E-state index is 12.1. The zero-order valence-electron chi connectivity index (χ0n) is 14.7. The summed E-state index contributed by atoms with van der Waals surface area (Å²) in [5, 5.41) is 14.2. The fourth-order valence-corrected chi connectivity index (χ4v) is 3.32. The van der Waals surface area contributed by atoms with Gasteiger partial charge in [-0.05, 0) is 41.7 Å². The summed E-state index contributed by atoms with van der Waals surface area (Å²) in [6, 6.07) is 12.3. The predicted octanol–water partition coefficient (Wildman–Crippen LogP) is 3.62. The van der Waals surface area contributed by atoms with Crippen LogP contribution in [0.15, 0.2) is 49.0 Å². The minimum absolute atomic E-state index is 0.0722. The summed E-state index contributed by atoms with van der Waals surface area (Å²) in [6.07, 6.45) is 2.09. The molecule has 1 saturated heterocycles. The number of hydrogen-bond donors (Lipinski definition) is 1. The van der Waals surface area contributed by atoms with E-state index in [9.17, 15) is 14.9 Å². The Bertz CT molecular complexity index is 870. The molecule has 0 aromatic heterocycles. The second-order valence-electron chi connectivity index (χ2n) is 6.26. The Hall–Kier alpha value is -3.15. The minimum Gasteiger partial charge on any atom is -0.366 e. The van der Waals surface area contributed by atoms with Crippen molar-refractivity contribution >= 4 is 22.9 Å². The van der Waals surface area contributed by atoms with Crippen LogP contribution in [0.25, 0.3) is 5.57 Å². The van der Waals surface area contributed by atoms with Crippen LogP contribution in [0.5, 0.6) is 0 Å². The summed E-state index contributed by atoms with van der Waals surface area (Å²) in [4.78, 5) is 25.4. The molecule has 2 aromatic carbocycles. The molecule has 0 saturated carbocycles. The zero-order chi connectivity index (χ0) is 18.7. The fourth-order valence-electron chi connectivity index (χ4n) is 3.32. The van der Waals surface area contributed by atoms with Gasteiger partial charge in [0.25, 0.3) is 11.6 Å². The molecule has 26 heavy (non-hydrogen) atoms.